The van der Waals surface area contributed by atoms with E-state index >= 15 is 0 Å². The van der Waals surface area contributed by atoms with Crippen molar-refractivity contribution in [3.05, 3.63) is 200 Å². The highest BCUT2D eigenvalue weighted by molar-refractivity contribution is 7.27. The second kappa shape index (κ2) is 12.9. The zero-order valence-corrected chi connectivity index (χ0v) is 32.4. The summed E-state index contributed by atoms with van der Waals surface area (Å²) in [6.07, 6.45) is 0. The third-order valence-electron chi connectivity index (χ3n) is 11.6. The third-order valence-corrected chi connectivity index (χ3v) is 14.0. The van der Waals surface area contributed by atoms with Crippen molar-refractivity contribution in [2.45, 2.75) is 0 Å². The van der Waals surface area contributed by atoms with E-state index in [-0.39, 0.29) is 0 Å². The number of thiophene rings is 2. The van der Waals surface area contributed by atoms with Gasteiger partial charge in [0, 0.05) is 47.0 Å². The van der Waals surface area contributed by atoms with E-state index in [0.717, 1.165) is 11.4 Å². The van der Waals surface area contributed by atoms with Crippen molar-refractivity contribution >= 4 is 112 Å². The molecular weight excluding hydrogens is 727 g/mol. The first-order chi connectivity index (χ1) is 28.3. The molecule has 266 valence electrons. The summed E-state index contributed by atoms with van der Waals surface area (Å²) in [7, 11) is 0. The number of anilines is 3. The molecule has 2 heterocycles. The molecule has 0 radical (unpaired) electrons. The predicted molar refractivity (Wildman–Crippen MR) is 250 cm³/mol. The van der Waals surface area contributed by atoms with Gasteiger partial charge in [0.25, 0.3) is 0 Å². The number of rotatable bonds is 5. The van der Waals surface area contributed by atoms with E-state index < -0.39 is 0 Å². The van der Waals surface area contributed by atoms with E-state index in [9.17, 15) is 0 Å². The zero-order valence-electron chi connectivity index (χ0n) is 30.8. The Morgan fingerprint density at radius 1 is 0.281 bits per heavy atom. The molecule has 0 saturated heterocycles. The van der Waals surface area contributed by atoms with Crippen molar-refractivity contribution < 1.29 is 0 Å². The Balaban J connectivity index is 1.08. The van der Waals surface area contributed by atoms with Gasteiger partial charge in [-0.15, -0.1) is 22.7 Å². The standard InChI is InChI=1S/C54H33NS2/c1-3-13-34(14-4-1)35-25-27-37(28-26-35)55(50-24-12-23-46-45-22-11-21-39(53(45)57-54(46)50)36-15-5-2-6-16-36)38-29-30-44-49-32-47-42-19-9-7-17-40(42)41-18-8-10-20-43(41)48(47)33-52(49)56-51(44)31-38/h1-33H. The summed E-state index contributed by atoms with van der Waals surface area (Å²) < 4.78 is 5.20. The lowest BCUT2D eigenvalue weighted by molar-refractivity contribution is 1.31. The monoisotopic (exact) mass is 759 g/mol. The van der Waals surface area contributed by atoms with Gasteiger partial charge in [-0.3, -0.25) is 0 Å². The maximum Gasteiger partial charge on any atom is 0.0640 e. The van der Waals surface area contributed by atoms with Crippen molar-refractivity contribution in [3.8, 4) is 22.3 Å². The second-order valence-electron chi connectivity index (χ2n) is 14.8. The van der Waals surface area contributed by atoms with Crippen molar-refractivity contribution in [1.29, 1.82) is 0 Å². The number of fused-ring (bicyclic) bond motifs is 12. The number of benzene rings is 10. The summed E-state index contributed by atoms with van der Waals surface area (Å²) in [5.74, 6) is 0. The van der Waals surface area contributed by atoms with Crippen LogP contribution in [0.4, 0.5) is 17.1 Å². The fraction of sp³-hybridized carbons (Fsp3) is 0. The van der Waals surface area contributed by atoms with Gasteiger partial charge in [0.2, 0.25) is 0 Å². The van der Waals surface area contributed by atoms with E-state index in [4.69, 9.17) is 0 Å². The Kier molecular flexibility index (Phi) is 7.34. The first-order valence-electron chi connectivity index (χ1n) is 19.4. The first-order valence-corrected chi connectivity index (χ1v) is 21.0. The van der Waals surface area contributed by atoms with Crippen LogP contribution in [0.25, 0.3) is 94.9 Å². The fourth-order valence-corrected chi connectivity index (χ4v) is 11.5. The second-order valence-corrected chi connectivity index (χ2v) is 16.9. The van der Waals surface area contributed by atoms with Gasteiger partial charge >= 0.3 is 0 Å². The van der Waals surface area contributed by atoms with Crippen molar-refractivity contribution in [1.82, 2.24) is 0 Å². The van der Waals surface area contributed by atoms with Crippen LogP contribution < -0.4 is 4.90 Å². The van der Waals surface area contributed by atoms with Crippen molar-refractivity contribution in [3.63, 3.8) is 0 Å². The molecule has 0 N–H and O–H groups in total. The van der Waals surface area contributed by atoms with Crippen LogP contribution in [0.15, 0.2) is 200 Å². The third kappa shape index (κ3) is 5.13. The number of nitrogens with zero attached hydrogens (tertiary/aromatic N) is 1. The van der Waals surface area contributed by atoms with E-state index in [2.05, 4.69) is 205 Å². The van der Waals surface area contributed by atoms with Crippen molar-refractivity contribution in [2.24, 2.45) is 0 Å². The lowest BCUT2D eigenvalue weighted by Crippen LogP contribution is -2.09. The molecule has 0 aliphatic heterocycles. The summed E-state index contributed by atoms with van der Waals surface area (Å²) in [5, 5.41) is 13.0. The lowest BCUT2D eigenvalue weighted by Gasteiger charge is -2.26. The Hall–Kier alpha value is -6.78. The molecule has 2 aromatic heterocycles. The molecule has 12 aromatic rings. The van der Waals surface area contributed by atoms with Gasteiger partial charge in [-0.2, -0.15) is 0 Å². The molecule has 0 bridgehead atoms. The zero-order chi connectivity index (χ0) is 37.5. The van der Waals surface area contributed by atoms with Gasteiger partial charge in [-0.25, -0.2) is 0 Å². The molecule has 1 nitrogen and oxygen atoms in total. The molecule has 0 saturated carbocycles. The van der Waals surface area contributed by atoms with E-state index in [0.29, 0.717) is 0 Å². The van der Waals surface area contributed by atoms with Crippen molar-refractivity contribution in [2.75, 3.05) is 4.90 Å². The summed E-state index contributed by atoms with van der Waals surface area (Å²) in [6.45, 7) is 0. The minimum atomic E-state index is 1.13. The molecule has 57 heavy (non-hydrogen) atoms. The molecule has 0 unspecified atom stereocenters. The van der Waals surface area contributed by atoms with Crippen LogP contribution in [0.1, 0.15) is 0 Å². The fourth-order valence-electron chi connectivity index (χ4n) is 8.99. The Morgan fingerprint density at radius 2 is 0.807 bits per heavy atom. The number of hydrogen-bond acceptors (Lipinski definition) is 3. The average molecular weight is 760 g/mol. The van der Waals surface area contributed by atoms with Crippen LogP contribution >= 0.6 is 22.7 Å². The molecule has 0 aliphatic rings. The van der Waals surface area contributed by atoms with Gasteiger partial charge in [0.05, 0.1) is 10.4 Å². The normalized spacial score (nSPS) is 11.9. The maximum absolute atomic E-state index is 2.47. The van der Waals surface area contributed by atoms with Crippen LogP contribution in [0.2, 0.25) is 0 Å². The molecule has 3 heteroatoms. The topological polar surface area (TPSA) is 3.24 Å². The largest absolute Gasteiger partial charge is 0.309 e. The summed E-state index contributed by atoms with van der Waals surface area (Å²) in [6, 6.07) is 73.8. The highest BCUT2D eigenvalue weighted by atomic mass is 32.1. The van der Waals surface area contributed by atoms with Gasteiger partial charge in [0.15, 0.2) is 0 Å². The molecule has 0 atom stereocenters. The quantitative estimate of drug-likeness (QED) is 0.158. The van der Waals surface area contributed by atoms with Crippen LogP contribution in [0, 0.1) is 0 Å². The molecule has 0 amide bonds. The average Bonchev–Trinajstić information content (AvgIpc) is 3.85. The maximum atomic E-state index is 2.47. The predicted octanol–water partition coefficient (Wildman–Crippen LogP) is 16.7. The van der Waals surface area contributed by atoms with E-state index in [1.807, 2.05) is 22.7 Å². The van der Waals surface area contributed by atoms with Crippen LogP contribution in [-0.2, 0) is 0 Å². The minimum absolute atomic E-state index is 1.13. The Morgan fingerprint density at radius 3 is 1.51 bits per heavy atom. The molecule has 10 aromatic carbocycles. The highest BCUT2D eigenvalue weighted by Gasteiger charge is 2.21. The van der Waals surface area contributed by atoms with Gasteiger partial charge in [-0.1, -0.05) is 158 Å². The summed E-state index contributed by atoms with van der Waals surface area (Å²) in [4.78, 5) is 2.47. The van der Waals surface area contributed by atoms with E-state index in [1.165, 1.54) is 101 Å². The Labute approximate surface area is 337 Å². The highest BCUT2D eigenvalue weighted by Crippen LogP contribution is 2.49. The van der Waals surface area contributed by atoms with Crippen LogP contribution in [0.3, 0.4) is 0 Å². The minimum Gasteiger partial charge on any atom is -0.309 e. The molecular formula is C54H33NS2. The lowest BCUT2D eigenvalue weighted by atomic mass is 9.93. The van der Waals surface area contributed by atoms with Gasteiger partial charge < -0.3 is 4.90 Å². The molecule has 0 spiro atoms. The molecule has 0 fully saturated rings. The smallest absolute Gasteiger partial charge is 0.0640 e. The van der Waals surface area contributed by atoms with E-state index in [1.54, 1.807) is 0 Å². The Bertz CT molecular complexity index is 3510. The van der Waals surface area contributed by atoms with Gasteiger partial charge in [-0.05, 0) is 97.0 Å². The molecule has 0 aliphatic carbocycles. The summed E-state index contributed by atoms with van der Waals surface area (Å²) >= 11 is 3.79. The molecule has 12 rings (SSSR count). The number of hydrogen-bond donors (Lipinski definition) is 0. The first kappa shape index (κ1) is 32.5. The van der Waals surface area contributed by atoms with Crippen LogP contribution in [-0.4, -0.2) is 0 Å². The van der Waals surface area contributed by atoms with Crippen LogP contribution in [0.5, 0.6) is 0 Å². The SMILES string of the molecule is c1ccc(-c2ccc(N(c3ccc4c(c3)sc3cc5c6ccccc6c6ccccc6c5cc34)c3cccc4c3sc3c(-c5ccccc5)cccc34)cc2)cc1. The summed E-state index contributed by atoms with van der Waals surface area (Å²) in [5.41, 5.74) is 8.41. The van der Waals surface area contributed by atoms with Gasteiger partial charge in [0.1, 0.15) is 0 Å².